The van der Waals surface area contributed by atoms with Crippen LogP contribution in [0.15, 0.2) is 29.4 Å². The molecule has 0 aliphatic carbocycles. The van der Waals surface area contributed by atoms with Crippen LogP contribution in [0.25, 0.3) is 0 Å². The van der Waals surface area contributed by atoms with E-state index in [9.17, 15) is 4.79 Å². The molecule has 1 aliphatic rings. The van der Waals surface area contributed by atoms with Crippen LogP contribution in [-0.4, -0.2) is 44.5 Å². The summed E-state index contributed by atoms with van der Waals surface area (Å²) in [6, 6.07) is 8.03. The highest BCUT2D eigenvalue weighted by molar-refractivity contribution is 7.99. The van der Waals surface area contributed by atoms with Crippen molar-refractivity contribution in [1.82, 2.24) is 19.8 Å². The van der Waals surface area contributed by atoms with Crippen molar-refractivity contribution < 1.29 is 9.53 Å². The topological polar surface area (TPSA) is 86.3 Å². The number of hydrogen-bond acceptors (Lipinski definition) is 6. The lowest BCUT2D eigenvalue weighted by Gasteiger charge is -2.30. The highest BCUT2D eigenvalue weighted by Gasteiger charge is 2.21. The van der Waals surface area contributed by atoms with E-state index in [2.05, 4.69) is 50.0 Å². The molecule has 2 aromatic rings. The Balaban J connectivity index is 1.51. The lowest BCUT2D eigenvalue weighted by atomic mass is 9.87. The Morgan fingerprint density at radius 2 is 1.86 bits per heavy atom. The summed E-state index contributed by atoms with van der Waals surface area (Å²) in [6.07, 6.45) is 2.14. The number of thioether (sulfide) groups is 1. The molecule has 0 spiro atoms. The van der Waals surface area contributed by atoms with E-state index in [1.165, 1.54) is 22.0 Å². The molecule has 1 aliphatic heterocycles. The second-order valence-electron chi connectivity index (χ2n) is 8.68. The first-order valence-corrected chi connectivity index (χ1v) is 11.1. The molecule has 29 heavy (non-hydrogen) atoms. The molecule has 0 saturated carbocycles. The van der Waals surface area contributed by atoms with E-state index in [1.807, 2.05) is 17.0 Å². The van der Waals surface area contributed by atoms with Crippen molar-refractivity contribution in [2.75, 3.05) is 24.7 Å². The van der Waals surface area contributed by atoms with Gasteiger partial charge in [0.15, 0.2) is 5.82 Å². The monoisotopic (exact) mass is 417 g/mol. The van der Waals surface area contributed by atoms with Crippen LogP contribution in [0.5, 0.6) is 5.75 Å². The minimum atomic E-state index is 0.103. The Labute approximate surface area is 177 Å². The lowest BCUT2D eigenvalue weighted by molar-refractivity contribution is -0.129. The number of nitrogens with zero attached hydrogens (tertiary/aromatic N) is 4. The van der Waals surface area contributed by atoms with Crippen LogP contribution in [-0.2, 0) is 16.8 Å². The number of piperidine rings is 1. The molecular weight excluding hydrogens is 386 g/mol. The molecule has 0 atom stereocenters. The summed E-state index contributed by atoms with van der Waals surface area (Å²) in [5.74, 6) is 8.52. The quantitative estimate of drug-likeness (QED) is 0.574. The maximum Gasteiger partial charge on any atom is 0.233 e. The number of hydrogen-bond donors (Lipinski definition) is 1. The fraction of sp³-hybridized carbons (Fsp3) is 0.571. The smallest absolute Gasteiger partial charge is 0.233 e. The lowest BCUT2D eigenvalue weighted by Crippen LogP contribution is -2.39. The van der Waals surface area contributed by atoms with E-state index >= 15 is 0 Å². The largest absolute Gasteiger partial charge is 0.486 e. The van der Waals surface area contributed by atoms with Crippen LogP contribution < -0.4 is 10.6 Å². The van der Waals surface area contributed by atoms with Gasteiger partial charge in [0.2, 0.25) is 11.1 Å². The van der Waals surface area contributed by atoms with Crippen molar-refractivity contribution >= 4 is 17.7 Å². The van der Waals surface area contributed by atoms with Crippen LogP contribution in [0.1, 0.15) is 51.9 Å². The fourth-order valence-electron chi connectivity index (χ4n) is 3.18. The zero-order valence-corrected chi connectivity index (χ0v) is 18.5. The number of rotatable bonds is 6. The number of carbonyl (C=O) groups excluding carboxylic acids is 1. The van der Waals surface area contributed by atoms with Gasteiger partial charge in [-0.2, -0.15) is 0 Å². The van der Waals surface area contributed by atoms with Gasteiger partial charge in [0, 0.05) is 13.1 Å². The molecular formula is C21H31N5O2S. The van der Waals surface area contributed by atoms with Gasteiger partial charge < -0.3 is 15.5 Å². The number of nitrogen functional groups attached to an aromatic ring is 1. The van der Waals surface area contributed by atoms with Crippen LogP contribution >= 0.6 is 11.8 Å². The van der Waals surface area contributed by atoms with Crippen molar-refractivity contribution in [3.8, 4) is 5.75 Å². The Bertz CT molecular complexity index is 821. The molecule has 2 heterocycles. The molecule has 0 bridgehead atoms. The van der Waals surface area contributed by atoms with Gasteiger partial charge in [0.05, 0.1) is 5.75 Å². The number of likely N-dealkylation sites (tertiary alicyclic amines) is 1. The molecule has 2 N–H and O–H groups in total. The number of nitrogens with two attached hydrogens (primary N) is 1. The predicted molar refractivity (Wildman–Crippen MR) is 115 cm³/mol. The zero-order chi connectivity index (χ0) is 21.0. The maximum atomic E-state index is 12.4. The molecule has 1 fully saturated rings. The molecule has 3 rings (SSSR count). The molecule has 8 heteroatoms. The van der Waals surface area contributed by atoms with Crippen molar-refractivity contribution in [2.24, 2.45) is 5.92 Å². The van der Waals surface area contributed by atoms with Crippen LogP contribution in [0, 0.1) is 5.92 Å². The SMILES string of the molecule is CC1CCN(C(=O)CSc2nnc(COc3ccc(C(C)(C)C)cc3)n2N)CC1. The average molecular weight is 418 g/mol. The van der Waals surface area contributed by atoms with E-state index in [-0.39, 0.29) is 17.9 Å². The second-order valence-corrected chi connectivity index (χ2v) is 9.63. The van der Waals surface area contributed by atoms with Crippen molar-refractivity contribution in [3.05, 3.63) is 35.7 Å². The molecule has 7 nitrogen and oxygen atoms in total. The van der Waals surface area contributed by atoms with Gasteiger partial charge in [-0.25, -0.2) is 4.68 Å². The Hall–Kier alpha value is -2.22. The molecule has 1 aromatic heterocycles. The summed E-state index contributed by atoms with van der Waals surface area (Å²) in [4.78, 5) is 14.3. The third kappa shape index (κ3) is 5.65. The van der Waals surface area contributed by atoms with E-state index < -0.39 is 0 Å². The number of carbonyl (C=O) groups is 1. The summed E-state index contributed by atoms with van der Waals surface area (Å²) in [6.45, 7) is 10.7. The Morgan fingerprint density at radius 1 is 1.21 bits per heavy atom. The minimum absolute atomic E-state index is 0.103. The predicted octanol–water partition coefficient (Wildman–Crippen LogP) is 3.22. The second kappa shape index (κ2) is 9.07. The van der Waals surface area contributed by atoms with E-state index in [0.29, 0.717) is 22.7 Å². The van der Waals surface area contributed by atoms with Crippen LogP contribution in [0.4, 0.5) is 0 Å². The first-order valence-electron chi connectivity index (χ1n) is 10.1. The molecule has 0 unspecified atom stereocenters. The van der Waals surface area contributed by atoms with Gasteiger partial charge >= 0.3 is 0 Å². The van der Waals surface area contributed by atoms with Crippen molar-refractivity contribution in [3.63, 3.8) is 0 Å². The van der Waals surface area contributed by atoms with Gasteiger partial charge in [-0.15, -0.1) is 10.2 Å². The fourth-order valence-corrected chi connectivity index (χ4v) is 3.96. The maximum absolute atomic E-state index is 12.4. The molecule has 0 radical (unpaired) electrons. The van der Waals surface area contributed by atoms with Crippen molar-refractivity contribution in [1.29, 1.82) is 0 Å². The number of ether oxygens (including phenoxy) is 1. The van der Waals surface area contributed by atoms with E-state index in [0.717, 1.165) is 31.7 Å². The summed E-state index contributed by atoms with van der Waals surface area (Å²) >= 11 is 1.31. The standard InChI is InChI=1S/C21H31N5O2S/c1-15-9-11-25(12-10-15)19(27)14-29-20-24-23-18(26(20)22)13-28-17-7-5-16(6-8-17)21(2,3)4/h5-8,15H,9-14,22H2,1-4H3. The molecule has 1 aromatic carbocycles. The van der Waals surface area contributed by atoms with Crippen LogP contribution in [0.3, 0.4) is 0 Å². The van der Waals surface area contributed by atoms with Crippen molar-refractivity contribution in [2.45, 2.75) is 57.7 Å². The third-order valence-electron chi connectivity index (χ3n) is 5.28. The molecule has 1 amide bonds. The normalized spacial score (nSPS) is 15.5. The highest BCUT2D eigenvalue weighted by Crippen LogP contribution is 2.25. The first kappa shape index (κ1) is 21.5. The number of amides is 1. The number of aromatic nitrogens is 3. The van der Waals surface area contributed by atoms with Gasteiger partial charge in [0.1, 0.15) is 12.4 Å². The van der Waals surface area contributed by atoms with E-state index in [1.54, 1.807) is 0 Å². The molecule has 1 saturated heterocycles. The Morgan fingerprint density at radius 3 is 2.48 bits per heavy atom. The summed E-state index contributed by atoms with van der Waals surface area (Å²) in [7, 11) is 0. The summed E-state index contributed by atoms with van der Waals surface area (Å²) < 4.78 is 7.20. The summed E-state index contributed by atoms with van der Waals surface area (Å²) in [5.41, 5.74) is 1.35. The van der Waals surface area contributed by atoms with Gasteiger partial charge in [-0.1, -0.05) is 51.6 Å². The highest BCUT2D eigenvalue weighted by atomic mass is 32.2. The van der Waals surface area contributed by atoms with Gasteiger partial charge in [0.25, 0.3) is 0 Å². The van der Waals surface area contributed by atoms with Gasteiger partial charge in [-0.05, 0) is 41.9 Å². The minimum Gasteiger partial charge on any atom is -0.486 e. The average Bonchev–Trinajstić information content (AvgIpc) is 3.04. The first-order chi connectivity index (χ1) is 13.7. The third-order valence-corrected chi connectivity index (χ3v) is 6.21. The van der Waals surface area contributed by atoms with E-state index in [4.69, 9.17) is 10.6 Å². The molecule has 158 valence electrons. The van der Waals surface area contributed by atoms with Crippen LogP contribution in [0.2, 0.25) is 0 Å². The summed E-state index contributed by atoms with van der Waals surface area (Å²) in [5, 5.41) is 8.73. The van der Waals surface area contributed by atoms with Gasteiger partial charge in [-0.3, -0.25) is 4.79 Å². The number of benzene rings is 1. The zero-order valence-electron chi connectivity index (χ0n) is 17.7. The Kier molecular flexibility index (Phi) is 6.72.